The van der Waals surface area contributed by atoms with Crippen LogP contribution < -0.4 is 14.8 Å². The molecule has 4 aromatic rings. The Morgan fingerprint density at radius 3 is 2.60 bits per heavy atom. The van der Waals surface area contributed by atoms with Crippen molar-refractivity contribution in [2.75, 3.05) is 17.1 Å². The monoisotopic (exact) mass is 491 g/mol. The molecule has 10 heteroatoms. The van der Waals surface area contributed by atoms with Crippen LogP contribution in [0.2, 0.25) is 0 Å². The quantitative estimate of drug-likeness (QED) is 0.367. The van der Waals surface area contributed by atoms with E-state index >= 15 is 0 Å². The van der Waals surface area contributed by atoms with Gasteiger partial charge in [0.1, 0.15) is 5.75 Å². The van der Waals surface area contributed by atoms with Crippen LogP contribution in [0.25, 0.3) is 0 Å². The Morgan fingerprint density at radius 1 is 1.06 bits per heavy atom. The highest BCUT2D eigenvalue weighted by Crippen LogP contribution is 2.27. The molecule has 0 unspecified atom stereocenters. The van der Waals surface area contributed by atoms with Crippen molar-refractivity contribution < 1.29 is 17.9 Å². The first-order valence-electron chi connectivity index (χ1n) is 10.9. The molecule has 9 nitrogen and oxygen atoms in total. The van der Waals surface area contributed by atoms with Crippen molar-refractivity contribution in [3.05, 3.63) is 95.9 Å². The van der Waals surface area contributed by atoms with E-state index in [1.807, 2.05) is 12.1 Å². The smallest absolute Gasteiger partial charge is 0.262 e. The third kappa shape index (κ3) is 5.85. The Balaban J connectivity index is 1.47. The Labute approximate surface area is 203 Å². The number of anilines is 2. The average Bonchev–Trinajstić information content (AvgIpc) is 3.30. The molecule has 4 rings (SSSR count). The van der Waals surface area contributed by atoms with Crippen LogP contribution >= 0.6 is 0 Å². The molecule has 1 amide bonds. The molecule has 2 N–H and O–H groups in total. The Kier molecular flexibility index (Phi) is 7.11. The molecule has 2 heterocycles. The maximum absolute atomic E-state index is 13.1. The molecule has 0 fully saturated rings. The van der Waals surface area contributed by atoms with E-state index in [0.717, 1.165) is 12.0 Å². The van der Waals surface area contributed by atoms with Crippen LogP contribution in [0.15, 0.2) is 84.1 Å². The van der Waals surface area contributed by atoms with Crippen molar-refractivity contribution >= 4 is 27.4 Å². The van der Waals surface area contributed by atoms with Gasteiger partial charge in [0.05, 0.1) is 17.7 Å². The van der Waals surface area contributed by atoms with Gasteiger partial charge in [0, 0.05) is 36.8 Å². The second-order valence-corrected chi connectivity index (χ2v) is 9.46. The van der Waals surface area contributed by atoms with Gasteiger partial charge in [0.2, 0.25) is 0 Å². The summed E-state index contributed by atoms with van der Waals surface area (Å²) in [6, 6.07) is 16.8. The summed E-state index contributed by atoms with van der Waals surface area (Å²) in [6.45, 7) is 2.31. The molecule has 0 aliphatic rings. The SMILES string of the molecule is COc1ccccc1NS(=O)(=O)c1cc(C(=O)Nc2ccn(CCc3ccncc3)n2)ccc1C. The van der Waals surface area contributed by atoms with Gasteiger partial charge in [-0.3, -0.25) is 19.2 Å². The predicted octanol–water partition coefficient (Wildman–Crippen LogP) is 3.89. The van der Waals surface area contributed by atoms with Gasteiger partial charge in [-0.15, -0.1) is 0 Å². The normalized spacial score (nSPS) is 11.1. The van der Waals surface area contributed by atoms with Gasteiger partial charge >= 0.3 is 0 Å². The molecule has 2 aromatic heterocycles. The molecule has 35 heavy (non-hydrogen) atoms. The van der Waals surface area contributed by atoms with Crippen molar-refractivity contribution in [3.8, 4) is 5.75 Å². The maximum Gasteiger partial charge on any atom is 0.262 e. The number of aryl methyl sites for hydroxylation is 3. The van der Waals surface area contributed by atoms with E-state index < -0.39 is 15.9 Å². The lowest BCUT2D eigenvalue weighted by Crippen LogP contribution is -2.17. The lowest BCUT2D eigenvalue weighted by atomic mass is 10.1. The average molecular weight is 492 g/mol. The highest BCUT2D eigenvalue weighted by Gasteiger charge is 2.21. The lowest BCUT2D eigenvalue weighted by molar-refractivity contribution is 0.102. The summed E-state index contributed by atoms with van der Waals surface area (Å²) in [6.07, 6.45) is 6.03. The molecule has 0 radical (unpaired) electrons. The second-order valence-electron chi connectivity index (χ2n) is 7.81. The molecule has 0 aliphatic carbocycles. The minimum atomic E-state index is -3.97. The van der Waals surface area contributed by atoms with E-state index in [9.17, 15) is 13.2 Å². The Morgan fingerprint density at radius 2 is 1.83 bits per heavy atom. The number of sulfonamides is 1. The first kappa shape index (κ1) is 24.0. The zero-order valence-corrected chi connectivity index (χ0v) is 20.1. The van der Waals surface area contributed by atoms with Gasteiger partial charge in [-0.2, -0.15) is 5.10 Å². The maximum atomic E-state index is 13.1. The van der Waals surface area contributed by atoms with Gasteiger partial charge in [-0.1, -0.05) is 18.2 Å². The minimum absolute atomic E-state index is 0.000985. The van der Waals surface area contributed by atoms with Crippen LogP contribution in [0.3, 0.4) is 0 Å². The number of para-hydroxylation sites is 2. The van der Waals surface area contributed by atoms with E-state index in [2.05, 4.69) is 20.1 Å². The lowest BCUT2D eigenvalue weighted by Gasteiger charge is -2.14. The molecular weight excluding hydrogens is 466 g/mol. The van der Waals surface area contributed by atoms with Crippen LogP contribution in [0, 0.1) is 6.92 Å². The molecule has 2 aromatic carbocycles. The number of carbonyl (C=O) groups excluding carboxylic acids is 1. The Bertz CT molecular complexity index is 1440. The number of aromatic nitrogens is 3. The summed E-state index contributed by atoms with van der Waals surface area (Å²) in [5.41, 5.74) is 2.14. The first-order chi connectivity index (χ1) is 16.9. The number of benzene rings is 2. The van der Waals surface area contributed by atoms with Crippen LogP contribution in [0.5, 0.6) is 5.75 Å². The van der Waals surface area contributed by atoms with Crippen LogP contribution in [0.1, 0.15) is 21.5 Å². The topological polar surface area (TPSA) is 115 Å². The zero-order chi connectivity index (χ0) is 24.8. The fourth-order valence-corrected chi connectivity index (χ4v) is 4.84. The van der Waals surface area contributed by atoms with E-state index in [0.29, 0.717) is 29.4 Å². The number of nitrogens with one attached hydrogen (secondary N) is 2. The molecular formula is C25H25N5O4S. The highest BCUT2D eigenvalue weighted by molar-refractivity contribution is 7.92. The van der Waals surface area contributed by atoms with Crippen molar-refractivity contribution in [3.63, 3.8) is 0 Å². The minimum Gasteiger partial charge on any atom is -0.495 e. The zero-order valence-electron chi connectivity index (χ0n) is 19.3. The number of pyridine rings is 1. The molecule has 0 saturated carbocycles. The highest BCUT2D eigenvalue weighted by atomic mass is 32.2. The fourth-order valence-electron chi connectivity index (χ4n) is 3.49. The van der Waals surface area contributed by atoms with E-state index in [1.54, 1.807) is 72.7 Å². The van der Waals surface area contributed by atoms with Crippen LogP contribution in [-0.4, -0.2) is 36.2 Å². The standard InChI is InChI=1S/C25H25N5O4S/c1-18-7-8-20(17-23(18)35(32,33)29-21-5-3-4-6-22(21)34-2)25(31)27-24-12-16-30(28-24)15-11-19-9-13-26-14-10-19/h3-10,12-14,16-17,29H,11,15H2,1-2H3,(H,27,28,31). The van der Waals surface area contributed by atoms with Crippen LogP contribution in [-0.2, 0) is 23.0 Å². The van der Waals surface area contributed by atoms with Crippen molar-refractivity contribution in [2.45, 2.75) is 24.8 Å². The molecule has 0 atom stereocenters. The third-order valence-corrected chi connectivity index (χ3v) is 6.86. The number of amides is 1. The number of ether oxygens (including phenoxy) is 1. The first-order valence-corrected chi connectivity index (χ1v) is 12.3. The number of carbonyl (C=O) groups is 1. The summed E-state index contributed by atoms with van der Waals surface area (Å²) in [5, 5.41) is 7.11. The summed E-state index contributed by atoms with van der Waals surface area (Å²) in [5.74, 6) is 0.308. The van der Waals surface area contributed by atoms with Crippen molar-refractivity contribution in [1.82, 2.24) is 14.8 Å². The number of hydrogen-bond acceptors (Lipinski definition) is 6. The molecule has 0 aliphatic heterocycles. The molecule has 180 valence electrons. The molecule has 0 spiro atoms. The fraction of sp³-hybridized carbons (Fsp3) is 0.160. The number of nitrogens with zero attached hydrogens (tertiary/aromatic N) is 3. The van der Waals surface area contributed by atoms with Gasteiger partial charge in [0.25, 0.3) is 15.9 Å². The largest absolute Gasteiger partial charge is 0.495 e. The molecule has 0 bridgehead atoms. The number of methoxy groups -OCH3 is 1. The second kappa shape index (κ2) is 10.4. The Hall–Kier alpha value is -4.18. The summed E-state index contributed by atoms with van der Waals surface area (Å²) < 4.78 is 35.7. The van der Waals surface area contributed by atoms with Gasteiger partial charge in [-0.25, -0.2) is 8.42 Å². The summed E-state index contributed by atoms with van der Waals surface area (Å²) >= 11 is 0. The van der Waals surface area contributed by atoms with E-state index in [4.69, 9.17) is 4.74 Å². The van der Waals surface area contributed by atoms with Crippen molar-refractivity contribution in [1.29, 1.82) is 0 Å². The van der Waals surface area contributed by atoms with Crippen LogP contribution in [0.4, 0.5) is 11.5 Å². The summed E-state index contributed by atoms with van der Waals surface area (Å²) in [7, 11) is -2.51. The van der Waals surface area contributed by atoms with Gasteiger partial charge in [-0.05, 0) is 60.9 Å². The van der Waals surface area contributed by atoms with Gasteiger partial charge in [0.15, 0.2) is 5.82 Å². The number of hydrogen-bond donors (Lipinski definition) is 2. The third-order valence-electron chi connectivity index (χ3n) is 5.35. The van der Waals surface area contributed by atoms with Crippen molar-refractivity contribution in [2.24, 2.45) is 0 Å². The van der Waals surface area contributed by atoms with E-state index in [1.165, 1.54) is 13.2 Å². The predicted molar refractivity (Wildman–Crippen MR) is 133 cm³/mol. The number of rotatable bonds is 9. The molecule has 0 saturated heterocycles. The van der Waals surface area contributed by atoms with Gasteiger partial charge < -0.3 is 10.1 Å². The summed E-state index contributed by atoms with van der Waals surface area (Å²) in [4.78, 5) is 16.9. The van der Waals surface area contributed by atoms with E-state index in [-0.39, 0.29) is 10.5 Å².